The quantitative estimate of drug-likeness (QED) is 0.629. The Bertz CT molecular complexity index is 602. The zero-order valence-electron chi connectivity index (χ0n) is 11.1. The molecule has 0 aliphatic rings. The van der Waals surface area contributed by atoms with Crippen molar-refractivity contribution in [1.82, 2.24) is 0 Å². The van der Waals surface area contributed by atoms with Gasteiger partial charge in [0.2, 0.25) is 0 Å². The second-order valence-corrected chi connectivity index (χ2v) is 6.01. The fourth-order valence-electron chi connectivity index (χ4n) is 2.25. The number of aryl methyl sites for hydroxylation is 2. The number of hydrogen-bond donors (Lipinski definition) is 0. The molecule has 4 heteroatoms. The molecule has 1 nitrogen and oxygen atoms in total. The average molecular weight is 318 g/mol. The van der Waals surface area contributed by atoms with Crippen molar-refractivity contribution in [2.45, 2.75) is 32.6 Å². The summed E-state index contributed by atoms with van der Waals surface area (Å²) in [5, 5.41) is 0.984. The molecule has 2 aromatic rings. The summed E-state index contributed by atoms with van der Waals surface area (Å²) in [6.07, 6.45) is 0.694. The van der Waals surface area contributed by atoms with Gasteiger partial charge in [-0.05, 0) is 50.5 Å². The standard InChI is InChI=1S/C15H15Cl3O/c1-8-9(2)19-10(3)15(8)14(18)7-11-4-5-12(16)13(17)6-11/h4-6,14H,7H2,1-3H3. The Kier molecular flexibility index (Phi) is 4.50. The van der Waals surface area contributed by atoms with Gasteiger partial charge in [-0.2, -0.15) is 0 Å². The predicted octanol–water partition coefficient (Wildman–Crippen LogP) is 6.03. The summed E-state index contributed by atoms with van der Waals surface area (Å²) in [6, 6.07) is 5.60. The first-order valence-electron chi connectivity index (χ1n) is 6.04. The number of hydrogen-bond acceptors (Lipinski definition) is 1. The van der Waals surface area contributed by atoms with Gasteiger partial charge in [0.05, 0.1) is 15.4 Å². The molecule has 1 unspecified atom stereocenters. The fraction of sp³-hybridized carbons (Fsp3) is 0.333. The van der Waals surface area contributed by atoms with Gasteiger partial charge in [0.25, 0.3) is 0 Å². The number of rotatable bonds is 3. The normalized spacial score (nSPS) is 12.7. The molecule has 19 heavy (non-hydrogen) atoms. The van der Waals surface area contributed by atoms with Crippen LogP contribution in [0.2, 0.25) is 10.0 Å². The number of benzene rings is 1. The lowest BCUT2D eigenvalue weighted by Crippen LogP contribution is -1.98. The van der Waals surface area contributed by atoms with Gasteiger partial charge in [-0.25, -0.2) is 0 Å². The zero-order chi connectivity index (χ0) is 14.2. The van der Waals surface area contributed by atoms with Crippen LogP contribution in [0.1, 0.15) is 33.6 Å². The molecule has 0 aliphatic heterocycles. The summed E-state index contributed by atoms with van der Waals surface area (Å²) >= 11 is 18.4. The topological polar surface area (TPSA) is 13.1 Å². The highest BCUT2D eigenvalue weighted by Crippen LogP contribution is 2.34. The van der Waals surface area contributed by atoms with Gasteiger partial charge >= 0.3 is 0 Å². The van der Waals surface area contributed by atoms with Crippen LogP contribution in [0.25, 0.3) is 0 Å². The minimum atomic E-state index is -0.130. The minimum Gasteiger partial charge on any atom is -0.466 e. The second kappa shape index (κ2) is 5.78. The van der Waals surface area contributed by atoms with E-state index >= 15 is 0 Å². The molecular formula is C15H15Cl3O. The Morgan fingerprint density at radius 1 is 1.05 bits per heavy atom. The third-order valence-electron chi connectivity index (χ3n) is 3.33. The van der Waals surface area contributed by atoms with E-state index in [1.54, 1.807) is 6.07 Å². The molecule has 0 radical (unpaired) electrons. The molecule has 0 aliphatic carbocycles. The first kappa shape index (κ1) is 14.8. The maximum Gasteiger partial charge on any atom is 0.106 e. The van der Waals surface area contributed by atoms with Crippen molar-refractivity contribution in [3.8, 4) is 0 Å². The Hall–Kier alpha value is -0.630. The lowest BCUT2D eigenvalue weighted by Gasteiger charge is -2.11. The Labute approximate surface area is 128 Å². The summed E-state index contributed by atoms with van der Waals surface area (Å²) in [5.41, 5.74) is 3.26. The Morgan fingerprint density at radius 3 is 2.26 bits per heavy atom. The van der Waals surface area contributed by atoms with Gasteiger partial charge in [-0.15, -0.1) is 11.6 Å². The fourth-order valence-corrected chi connectivity index (χ4v) is 3.06. The molecule has 1 heterocycles. The zero-order valence-corrected chi connectivity index (χ0v) is 13.3. The van der Waals surface area contributed by atoms with Crippen LogP contribution < -0.4 is 0 Å². The van der Waals surface area contributed by atoms with Crippen LogP contribution >= 0.6 is 34.8 Å². The predicted molar refractivity (Wildman–Crippen MR) is 81.7 cm³/mol. The van der Waals surface area contributed by atoms with E-state index < -0.39 is 0 Å². The average Bonchev–Trinajstić information content (AvgIpc) is 2.58. The van der Waals surface area contributed by atoms with E-state index in [0.29, 0.717) is 16.5 Å². The van der Waals surface area contributed by atoms with E-state index in [-0.39, 0.29) is 5.38 Å². The second-order valence-electron chi connectivity index (χ2n) is 4.67. The highest BCUT2D eigenvalue weighted by Gasteiger charge is 2.19. The molecule has 1 atom stereocenters. The van der Waals surface area contributed by atoms with Crippen molar-refractivity contribution in [1.29, 1.82) is 0 Å². The van der Waals surface area contributed by atoms with Gasteiger partial charge in [0, 0.05) is 5.56 Å². The van der Waals surface area contributed by atoms with Crippen LogP contribution in [0.4, 0.5) is 0 Å². The molecule has 0 fully saturated rings. The summed E-state index contributed by atoms with van der Waals surface area (Å²) in [6.45, 7) is 5.93. The lowest BCUT2D eigenvalue weighted by molar-refractivity contribution is 0.499. The van der Waals surface area contributed by atoms with E-state index in [0.717, 1.165) is 28.2 Å². The molecule has 0 saturated carbocycles. The molecule has 0 bridgehead atoms. The van der Waals surface area contributed by atoms with E-state index in [1.807, 2.05) is 32.9 Å². The first-order valence-corrected chi connectivity index (χ1v) is 7.24. The van der Waals surface area contributed by atoms with Gasteiger partial charge in [0.1, 0.15) is 11.5 Å². The van der Waals surface area contributed by atoms with Gasteiger partial charge in [-0.1, -0.05) is 29.3 Å². The van der Waals surface area contributed by atoms with Gasteiger partial charge < -0.3 is 4.42 Å². The molecule has 0 saturated heterocycles. The maximum absolute atomic E-state index is 6.52. The largest absolute Gasteiger partial charge is 0.466 e. The van der Waals surface area contributed by atoms with Gasteiger partial charge in [-0.3, -0.25) is 0 Å². The first-order chi connectivity index (χ1) is 8.90. The smallest absolute Gasteiger partial charge is 0.106 e. The summed E-state index contributed by atoms with van der Waals surface area (Å²) in [5.74, 6) is 1.81. The van der Waals surface area contributed by atoms with Crippen molar-refractivity contribution in [2.75, 3.05) is 0 Å². The van der Waals surface area contributed by atoms with Gasteiger partial charge in [0.15, 0.2) is 0 Å². The lowest BCUT2D eigenvalue weighted by atomic mass is 10.0. The third kappa shape index (κ3) is 3.10. The van der Waals surface area contributed by atoms with Crippen LogP contribution in [0.3, 0.4) is 0 Å². The van der Waals surface area contributed by atoms with E-state index in [4.69, 9.17) is 39.2 Å². The van der Waals surface area contributed by atoms with Crippen LogP contribution in [0.15, 0.2) is 22.6 Å². The summed E-state index contributed by atoms with van der Waals surface area (Å²) < 4.78 is 5.62. The van der Waals surface area contributed by atoms with E-state index in [9.17, 15) is 0 Å². The van der Waals surface area contributed by atoms with Crippen molar-refractivity contribution in [3.05, 3.63) is 56.5 Å². The van der Waals surface area contributed by atoms with E-state index in [2.05, 4.69) is 0 Å². The molecule has 102 valence electrons. The molecule has 2 rings (SSSR count). The molecule has 0 spiro atoms. The SMILES string of the molecule is Cc1oc(C)c(C(Cl)Cc2ccc(Cl)c(Cl)c2)c1C. The van der Waals surface area contributed by atoms with Crippen LogP contribution in [0, 0.1) is 20.8 Å². The molecule has 0 N–H and O–H groups in total. The Morgan fingerprint density at radius 2 is 1.74 bits per heavy atom. The van der Waals surface area contributed by atoms with Crippen LogP contribution in [0.5, 0.6) is 0 Å². The van der Waals surface area contributed by atoms with Crippen molar-refractivity contribution in [3.63, 3.8) is 0 Å². The highest BCUT2D eigenvalue weighted by molar-refractivity contribution is 6.42. The monoisotopic (exact) mass is 316 g/mol. The molecule has 1 aromatic heterocycles. The third-order valence-corrected chi connectivity index (χ3v) is 4.44. The number of halogens is 3. The van der Waals surface area contributed by atoms with Crippen molar-refractivity contribution < 1.29 is 4.42 Å². The highest BCUT2D eigenvalue weighted by atomic mass is 35.5. The van der Waals surface area contributed by atoms with Crippen LogP contribution in [-0.4, -0.2) is 0 Å². The maximum atomic E-state index is 6.52. The summed E-state index contributed by atoms with van der Waals surface area (Å²) in [4.78, 5) is 0. The van der Waals surface area contributed by atoms with Crippen LogP contribution in [-0.2, 0) is 6.42 Å². The molecular weight excluding hydrogens is 303 g/mol. The summed E-state index contributed by atoms with van der Waals surface area (Å²) in [7, 11) is 0. The molecule has 0 amide bonds. The molecule has 1 aromatic carbocycles. The van der Waals surface area contributed by atoms with E-state index in [1.165, 1.54) is 0 Å². The minimum absolute atomic E-state index is 0.130. The Balaban J connectivity index is 2.25. The van der Waals surface area contributed by atoms with Crippen molar-refractivity contribution >= 4 is 34.8 Å². The van der Waals surface area contributed by atoms with Crippen molar-refractivity contribution in [2.24, 2.45) is 0 Å². The number of alkyl halides is 1. The number of furan rings is 1.